The van der Waals surface area contributed by atoms with E-state index < -0.39 is 11.4 Å². The molecule has 2 aliphatic carbocycles. The van der Waals surface area contributed by atoms with E-state index in [1.807, 2.05) is 6.92 Å². The monoisotopic (exact) mass is 268 g/mol. The van der Waals surface area contributed by atoms with Crippen molar-refractivity contribution in [3.63, 3.8) is 0 Å². The first-order valence-electron chi connectivity index (χ1n) is 6.34. The first-order valence-corrected chi connectivity index (χ1v) is 6.72. The molecule has 0 amide bonds. The Morgan fingerprint density at radius 1 is 1.56 bits per heavy atom. The predicted octanol–water partition coefficient (Wildman–Crippen LogP) is 2.43. The molecule has 1 heterocycles. The molecule has 98 valence electrons. The van der Waals surface area contributed by atoms with Crippen LogP contribution in [-0.2, 0) is 18.3 Å². The van der Waals surface area contributed by atoms with Crippen LogP contribution >= 0.6 is 11.6 Å². The molecule has 5 heteroatoms. The zero-order valence-electron chi connectivity index (χ0n) is 10.6. The van der Waals surface area contributed by atoms with Crippen LogP contribution in [0, 0.1) is 24.2 Å². The number of aromatic nitrogens is 2. The van der Waals surface area contributed by atoms with E-state index in [-0.39, 0.29) is 0 Å². The second kappa shape index (κ2) is 3.73. The maximum atomic E-state index is 11.7. The number of rotatable bonds is 3. The van der Waals surface area contributed by atoms with E-state index in [1.54, 1.807) is 11.7 Å². The molecule has 2 atom stereocenters. The molecule has 0 aromatic carbocycles. The first kappa shape index (κ1) is 12.0. The summed E-state index contributed by atoms with van der Waals surface area (Å²) in [6.07, 6.45) is 3.35. The van der Waals surface area contributed by atoms with E-state index in [2.05, 4.69) is 5.10 Å². The molecule has 18 heavy (non-hydrogen) atoms. The van der Waals surface area contributed by atoms with Gasteiger partial charge in [-0.25, -0.2) is 0 Å². The number of aliphatic carboxylic acids is 1. The van der Waals surface area contributed by atoms with E-state index in [9.17, 15) is 9.90 Å². The highest BCUT2D eigenvalue weighted by Crippen LogP contribution is 2.61. The van der Waals surface area contributed by atoms with Gasteiger partial charge in [-0.1, -0.05) is 11.6 Å². The zero-order valence-corrected chi connectivity index (χ0v) is 11.4. The van der Waals surface area contributed by atoms with Crippen LogP contribution in [0.3, 0.4) is 0 Å². The van der Waals surface area contributed by atoms with Crippen molar-refractivity contribution in [2.75, 3.05) is 0 Å². The summed E-state index contributed by atoms with van der Waals surface area (Å²) in [5.41, 5.74) is 1.15. The molecule has 3 rings (SSSR count). The average Bonchev–Trinajstić information content (AvgIpc) is 2.85. The van der Waals surface area contributed by atoms with Crippen molar-refractivity contribution in [1.29, 1.82) is 0 Å². The van der Waals surface area contributed by atoms with Crippen LogP contribution in [0.5, 0.6) is 0 Å². The number of hydrogen-bond donors (Lipinski definition) is 1. The second-order valence-corrected chi connectivity index (χ2v) is 6.26. The Balaban J connectivity index is 1.92. The van der Waals surface area contributed by atoms with Crippen LogP contribution < -0.4 is 0 Å². The number of carboxylic acid groups (broad SMARTS) is 1. The van der Waals surface area contributed by atoms with E-state index in [0.717, 1.165) is 24.1 Å². The Morgan fingerprint density at radius 2 is 2.17 bits per heavy atom. The number of hydrogen-bond acceptors (Lipinski definition) is 2. The molecule has 2 aliphatic rings. The summed E-state index contributed by atoms with van der Waals surface area (Å²) in [7, 11) is 1.79. The van der Waals surface area contributed by atoms with Gasteiger partial charge in [0.15, 0.2) is 0 Å². The SMILES string of the molecule is Cc1nn(C)c(Cl)c1CC1(C(=O)O)CC2CC2C1. The third-order valence-electron chi connectivity index (χ3n) is 4.61. The van der Waals surface area contributed by atoms with Crippen LogP contribution in [0.15, 0.2) is 0 Å². The molecule has 2 unspecified atom stereocenters. The van der Waals surface area contributed by atoms with E-state index in [4.69, 9.17) is 11.6 Å². The molecule has 1 N–H and O–H groups in total. The Labute approximate surface area is 111 Å². The predicted molar refractivity (Wildman–Crippen MR) is 67.6 cm³/mol. The van der Waals surface area contributed by atoms with Crippen molar-refractivity contribution in [2.24, 2.45) is 24.3 Å². The molecule has 0 bridgehead atoms. The lowest BCUT2D eigenvalue weighted by atomic mass is 9.77. The molecule has 1 aromatic heterocycles. The summed E-state index contributed by atoms with van der Waals surface area (Å²) < 4.78 is 1.62. The number of halogens is 1. The maximum Gasteiger partial charge on any atom is 0.309 e. The van der Waals surface area contributed by atoms with Gasteiger partial charge in [-0.15, -0.1) is 0 Å². The van der Waals surface area contributed by atoms with Crippen molar-refractivity contribution in [3.05, 3.63) is 16.4 Å². The lowest BCUT2D eigenvalue weighted by Gasteiger charge is -2.25. The molecular weight excluding hydrogens is 252 g/mol. The fraction of sp³-hybridized carbons (Fsp3) is 0.692. The molecule has 0 aliphatic heterocycles. The van der Waals surface area contributed by atoms with Crippen molar-refractivity contribution >= 4 is 17.6 Å². The minimum Gasteiger partial charge on any atom is -0.481 e. The molecule has 0 spiro atoms. The molecule has 2 fully saturated rings. The van der Waals surface area contributed by atoms with Gasteiger partial charge in [-0.2, -0.15) is 5.10 Å². The number of aryl methyl sites for hydroxylation is 2. The molecule has 0 saturated heterocycles. The Hall–Kier alpha value is -1.03. The maximum absolute atomic E-state index is 11.7. The van der Waals surface area contributed by atoms with Gasteiger partial charge >= 0.3 is 5.97 Å². The first-order chi connectivity index (χ1) is 8.43. The standard InChI is InChI=1S/C13H17ClN2O2/c1-7-10(11(14)16(2)15-7)6-13(12(17)18)4-8-3-9(8)5-13/h8-9H,3-6H2,1-2H3,(H,17,18). The highest BCUT2D eigenvalue weighted by Gasteiger charge is 2.57. The number of carbonyl (C=O) groups is 1. The quantitative estimate of drug-likeness (QED) is 0.916. The van der Waals surface area contributed by atoms with Gasteiger partial charge in [-0.05, 0) is 44.4 Å². The molecular formula is C13H17ClN2O2. The van der Waals surface area contributed by atoms with Gasteiger partial charge in [0.05, 0.1) is 11.1 Å². The number of carboxylic acids is 1. The molecule has 2 saturated carbocycles. The van der Waals surface area contributed by atoms with Gasteiger partial charge in [-0.3, -0.25) is 9.48 Å². The summed E-state index contributed by atoms with van der Waals surface area (Å²) in [4.78, 5) is 11.7. The Bertz CT molecular complexity index is 513. The van der Waals surface area contributed by atoms with Gasteiger partial charge in [0.1, 0.15) is 5.15 Å². The van der Waals surface area contributed by atoms with Crippen LogP contribution in [0.4, 0.5) is 0 Å². The Morgan fingerprint density at radius 3 is 2.61 bits per heavy atom. The summed E-state index contributed by atoms with van der Waals surface area (Å²) in [6.45, 7) is 1.90. The van der Waals surface area contributed by atoms with Crippen LogP contribution in [0.1, 0.15) is 30.5 Å². The van der Waals surface area contributed by atoms with Gasteiger partial charge in [0.25, 0.3) is 0 Å². The summed E-state index contributed by atoms with van der Waals surface area (Å²) in [5.74, 6) is 0.600. The summed E-state index contributed by atoms with van der Waals surface area (Å²) in [6, 6.07) is 0. The number of fused-ring (bicyclic) bond motifs is 1. The van der Waals surface area contributed by atoms with Crippen LogP contribution in [0.25, 0.3) is 0 Å². The third kappa shape index (κ3) is 1.66. The largest absolute Gasteiger partial charge is 0.481 e. The van der Waals surface area contributed by atoms with E-state index in [1.165, 1.54) is 6.42 Å². The van der Waals surface area contributed by atoms with Gasteiger partial charge in [0.2, 0.25) is 0 Å². The molecule has 1 aromatic rings. The highest BCUT2D eigenvalue weighted by molar-refractivity contribution is 6.30. The number of nitrogens with zero attached hydrogens (tertiary/aromatic N) is 2. The van der Waals surface area contributed by atoms with E-state index in [0.29, 0.717) is 23.4 Å². The van der Waals surface area contributed by atoms with Crippen LogP contribution in [-0.4, -0.2) is 20.9 Å². The smallest absolute Gasteiger partial charge is 0.309 e. The van der Waals surface area contributed by atoms with Crippen molar-refractivity contribution in [1.82, 2.24) is 9.78 Å². The fourth-order valence-electron chi connectivity index (χ4n) is 3.51. The normalized spacial score (nSPS) is 33.5. The summed E-state index contributed by atoms with van der Waals surface area (Å²) >= 11 is 6.21. The molecule has 0 radical (unpaired) electrons. The second-order valence-electron chi connectivity index (χ2n) is 5.90. The minimum absolute atomic E-state index is 0.522. The lowest BCUT2D eigenvalue weighted by molar-refractivity contribution is -0.149. The van der Waals surface area contributed by atoms with Gasteiger partial charge in [0, 0.05) is 12.6 Å². The van der Waals surface area contributed by atoms with Gasteiger partial charge < -0.3 is 5.11 Å². The van der Waals surface area contributed by atoms with Crippen molar-refractivity contribution in [2.45, 2.75) is 32.6 Å². The highest BCUT2D eigenvalue weighted by atomic mass is 35.5. The minimum atomic E-state index is -0.672. The lowest BCUT2D eigenvalue weighted by Crippen LogP contribution is -2.32. The average molecular weight is 269 g/mol. The molecule has 4 nitrogen and oxygen atoms in total. The van der Waals surface area contributed by atoms with Crippen molar-refractivity contribution in [3.8, 4) is 0 Å². The van der Waals surface area contributed by atoms with E-state index >= 15 is 0 Å². The van der Waals surface area contributed by atoms with Crippen LogP contribution in [0.2, 0.25) is 5.15 Å². The Kier molecular flexibility index (Phi) is 2.49. The fourth-order valence-corrected chi connectivity index (χ4v) is 3.75. The third-order valence-corrected chi connectivity index (χ3v) is 5.09. The topological polar surface area (TPSA) is 55.1 Å². The van der Waals surface area contributed by atoms with Crippen molar-refractivity contribution < 1.29 is 9.90 Å². The zero-order chi connectivity index (χ0) is 13.1. The summed E-state index contributed by atoms with van der Waals surface area (Å²) in [5, 5.41) is 14.4.